The van der Waals surface area contributed by atoms with E-state index < -0.39 is 0 Å². The van der Waals surface area contributed by atoms with E-state index in [1.165, 1.54) is 35.0 Å². The minimum Gasteiger partial charge on any atom is -0.289 e. The van der Waals surface area contributed by atoms with Crippen molar-refractivity contribution < 1.29 is 0 Å². The van der Waals surface area contributed by atoms with E-state index in [1.807, 2.05) is 19.2 Å². The molecule has 0 saturated carbocycles. The van der Waals surface area contributed by atoms with Crippen LogP contribution in [0.4, 0.5) is 0 Å². The van der Waals surface area contributed by atoms with Gasteiger partial charge in [-0.05, 0) is 31.4 Å². The van der Waals surface area contributed by atoms with Crippen LogP contribution in [0.1, 0.15) is 41.5 Å². The molecule has 24 heavy (non-hydrogen) atoms. The highest BCUT2D eigenvalue weighted by molar-refractivity contribution is 5.81. The van der Waals surface area contributed by atoms with Crippen molar-refractivity contribution in [2.24, 2.45) is 0 Å². The summed E-state index contributed by atoms with van der Waals surface area (Å²) in [4.78, 5) is 16.4. The van der Waals surface area contributed by atoms with Crippen LogP contribution in [0.2, 0.25) is 0 Å². The molecule has 0 amide bonds. The fourth-order valence-corrected chi connectivity index (χ4v) is 4.41. The van der Waals surface area contributed by atoms with Gasteiger partial charge in [-0.1, -0.05) is 24.3 Å². The number of para-hydroxylation sites is 1. The van der Waals surface area contributed by atoms with Gasteiger partial charge < -0.3 is 0 Å². The van der Waals surface area contributed by atoms with Crippen molar-refractivity contribution in [2.75, 3.05) is 0 Å². The van der Waals surface area contributed by atoms with Crippen LogP contribution < -0.4 is 0 Å². The lowest BCUT2D eigenvalue weighted by atomic mass is 9.98. The van der Waals surface area contributed by atoms with E-state index in [0.29, 0.717) is 12.1 Å². The fourth-order valence-electron chi connectivity index (χ4n) is 4.41. The molecule has 1 saturated heterocycles. The third-order valence-electron chi connectivity index (χ3n) is 5.52. The van der Waals surface area contributed by atoms with E-state index in [0.717, 1.165) is 24.3 Å². The van der Waals surface area contributed by atoms with E-state index in [1.54, 1.807) is 0 Å². The van der Waals surface area contributed by atoms with Gasteiger partial charge in [-0.15, -0.1) is 0 Å². The highest BCUT2D eigenvalue weighted by Crippen LogP contribution is 2.43. The summed E-state index contributed by atoms with van der Waals surface area (Å²) in [7, 11) is 0. The van der Waals surface area contributed by atoms with Crippen LogP contribution >= 0.6 is 0 Å². The molecule has 3 aromatic rings. The number of benzene rings is 1. The first kappa shape index (κ1) is 14.1. The lowest BCUT2D eigenvalue weighted by molar-refractivity contribution is 0.166. The summed E-state index contributed by atoms with van der Waals surface area (Å²) >= 11 is 0. The zero-order chi connectivity index (χ0) is 16.1. The highest BCUT2D eigenvalue weighted by Gasteiger charge is 2.40. The summed E-state index contributed by atoms with van der Waals surface area (Å²) in [5.41, 5.74) is 5.05. The fraction of sp³-hybridized carbons (Fsp3) is 0.350. The van der Waals surface area contributed by atoms with Crippen molar-refractivity contribution in [1.29, 1.82) is 0 Å². The minimum absolute atomic E-state index is 0.457. The first-order valence-corrected chi connectivity index (χ1v) is 8.70. The topological polar surface area (TPSA) is 41.9 Å². The van der Waals surface area contributed by atoms with Gasteiger partial charge in [0.25, 0.3) is 0 Å². The number of hydrogen-bond donors (Lipinski definition) is 0. The van der Waals surface area contributed by atoms with Crippen molar-refractivity contribution in [1.82, 2.24) is 19.9 Å². The Labute approximate surface area is 141 Å². The first-order chi connectivity index (χ1) is 11.8. The lowest BCUT2D eigenvalue weighted by Gasteiger charge is -2.35. The molecular weight excluding hydrogens is 296 g/mol. The molecule has 1 fully saturated rings. The van der Waals surface area contributed by atoms with Gasteiger partial charge in [0.1, 0.15) is 5.82 Å². The molecule has 0 radical (unpaired) electrons. The van der Waals surface area contributed by atoms with Gasteiger partial charge in [-0.3, -0.25) is 9.88 Å². The molecule has 2 atom stereocenters. The zero-order valence-electron chi connectivity index (χ0n) is 13.8. The second-order valence-corrected chi connectivity index (χ2v) is 6.93. The quantitative estimate of drug-likeness (QED) is 0.724. The maximum atomic E-state index is 4.70. The molecule has 4 nitrogen and oxygen atoms in total. The normalized spacial score (nSPS) is 22.7. The van der Waals surface area contributed by atoms with E-state index in [4.69, 9.17) is 4.98 Å². The summed E-state index contributed by atoms with van der Waals surface area (Å²) in [6.07, 6.45) is 7.45. The Kier molecular flexibility index (Phi) is 3.13. The second kappa shape index (κ2) is 5.35. The predicted octanol–water partition coefficient (Wildman–Crippen LogP) is 3.60. The summed E-state index contributed by atoms with van der Waals surface area (Å²) in [5, 5.41) is 1.22. The Morgan fingerprint density at radius 3 is 3.00 bits per heavy atom. The van der Waals surface area contributed by atoms with Gasteiger partial charge in [-0.2, -0.15) is 0 Å². The summed E-state index contributed by atoms with van der Waals surface area (Å²) in [5.74, 6) is 0.889. The first-order valence-electron chi connectivity index (χ1n) is 8.70. The molecule has 0 spiro atoms. The Morgan fingerprint density at radius 1 is 1.12 bits per heavy atom. The predicted molar refractivity (Wildman–Crippen MR) is 93.5 cm³/mol. The van der Waals surface area contributed by atoms with Crippen LogP contribution in [0.15, 0.2) is 42.7 Å². The molecule has 120 valence electrons. The third kappa shape index (κ3) is 2.13. The molecule has 4 heterocycles. The van der Waals surface area contributed by atoms with E-state index in [9.17, 15) is 0 Å². The maximum Gasteiger partial charge on any atom is 0.125 e. The molecule has 2 aliphatic heterocycles. The van der Waals surface area contributed by atoms with Gasteiger partial charge in [0.05, 0.1) is 11.2 Å². The number of hydrogen-bond acceptors (Lipinski definition) is 4. The standard InChI is InChI=1S/C20H20N4/c1-13-22-11-17-18(23-13)10-16-7-8-19(17)24(16)12-15-5-2-4-14-6-3-9-21-20(14)15/h2-6,9,11,16,19H,7-8,10,12H2,1H3/t16-,19-/m0/s1. The van der Waals surface area contributed by atoms with E-state index in [2.05, 4.69) is 45.3 Å². The number of nitrogens with zero attached hydrogens (tertiary/aromatic N) is 4. The van der Waals surface area contributed by atoms with Gasteiger partial charge in [-0.25, -0.2) is 9.97 Å². The molecule has 4 heteroatoms. The van der Waals surface area contributed by atoms with Crippen LogP contribution in [-0.2, 0) is 13.0 Å². The van der Waals surface area contributed by atoms with Crippen LogP contribution in [0.3, 0.4) is 0 Å². The Bertz CT molecular complexity index is 915. The van der Waals surface area contributed by atoms with Gasteiger partial charge in [0.2, 0.25) is 0 Å². The van der Waals surface area contributed by atoms with Crippen LogP contribution in [-0.4, -0.2) is 25.9 Å². The van der Waals surface area contributed by atoms with Crippen molar-refractivity contribution in [2.45, 2.75) is 44.8 Å². The molecule has 0 unspecified atom stereocenters. The summed E-state index contributed by atoms with van der Waals surface area (Å²) in [6, 6.07) is 11.7. The molecule has 2 bridgehead atoms. The zero-order valence-corrected chi connectivity index (χ0v) is 13.8. The van der Waals surface area contributed by atoms with Gasteiger partial charge >= 0.3 is 0 Å². The molecule has 1 aromatic carbocycles. The smallest absolute Gasteiger partial charge is 0.125 e. The third-order valence-corrected chi connectivity index (χ3v) is 5.52. The monoisotopic (exact) mass is 316 g/mol. The number of pyridine rings is 1. The molecule has 2 aliphatic rings. The summed E-state index contributed by atoms with van der Waals surface area (Å²) in [6.45, 7) is 2.94. The lowest BCUT2D eigenvalue weighted by Crippen LogP contribution is -2.37. The van der Waals surface area contributed by atoms with Crippen LogP contribution in [0.5, 0.6) is 0 Å². The average Bonchev–Trinajstić information content (AvgIpc) is 2.88. The highest BCUT2D eigenvalue weighted by atomic mass is 15.2. The van der Waals surface area contributed by atoms with Crippen molar-refractivity contribution in [3.05, 3.63) is 65.4 Å². The molecule has 5 rings (SSSR count). The molecule has 0 aliphatic carbocycles. The second-order valence-electron chi connectivity index (χ2n) is 6.93. The van der Waals surface area contributed by atoms with Crippen LogP contribution in [0, 0.1) is 6.92 Å². The van der Waals surface area contributed by atoms with Gasteiger partial charge in [0, 0.05) is 48.4 Å². The van der Waals surface area contributed by atoms with Crippen molar-refractivity contribution in [3.63, 3.8) is 0 Å². The van der Waals surface area contributed by atoms with E-state index in [-0.39, 0.29) is 0 Å². The summed E-state index contributed by atoms with van der Waals surface area (Å²) < 4.78 is 0. The largest absolute Gasteiger partial charge is 0.289 e. The minimum atomic E-state index is 0.457. The molecule has 0 N–H and O–H groups in total. The van der Waals surface area contributed by atoms with Gasteiger partial charge in [0.15, 0.2) is 0 Å². The maximum absolute atomic E-state index is 4.70. The Balaban J connectivity index is 1.53. The Hall–Kier alpha value is -2.33. The molecule has 2 aromatic heterocycles. The van der Waals surface area contributed by atoms with Crippen LogP contribution in [0.25, 0.3) is 10.9 Å². The number of fused-ring (bicyclic) bond motifs is 5. The van der Waals surface area contributed by atoms with E-state index >= 15 is 0 Å². The van der Waals surface area contributed by atoms with Crippen molar-refractivity contribution in [3.8, 4) is 0 Å². The number of aromatic nitrogens is 3. The number of aryl methyl sites for hydroxylation is 1. The molecular formula is C20H20N4. The van der Waals surface area contributed by atoms with Crippen molar-refractivity contribution >= 4 is 10.9 Å². The Morgan fingerprint density at radius 2 is 2.04 bits per heavy atom. The average molecular weight is 316 g/mol. The SMILES string of the molecule is Cc1ncc2c(n1)C[C@@H]1CC[C@@H]2N1Cc1cccc2cccnc12. The number of rotatable bonds is 2.